The fraction of sp³-hybridized carbons (Fsp3) is 1.00. The second-order valence-corrected chi connectivity index (χ2v) is 7.07. The molecule has 1 atom stereocenters. The first-order valence-corrected chi connectivity index (χ1v) is 7.70. The summed E-state index contributed by atoms with van der Waals surface area (Å²) in [5.41, 5.74) is -2.36. The molecule has 2 aliphatic rings. The number of nitrogens with zero attached hydrogens (tertiary/aromatic N) is 2. The monoisotopic (exact) mass is 330 g/mol. The molecule has 2 aliphatic heterocycles. The molecule has 0 saturated carbocycles. The summed E-state index contributed by atoms with van der Waals surface area (Å²) in [4.78, 5) is 3.26. The molecule has 2 fully saturated rings. The first-order valence-electron chi connectivity index (χ1n) is 7.70. The van der Waals surface area contributed by atoms with E-state index in [1.54, 1.807) is 18.7 Å². The molecule has 132 valence electrons. The lowest BCUT2D eigenvalue weighted by Gasteiger charge is -2.20. The van der Waals surface area contributed by atoms with E-state index in [2.05, 4.69) is 0 Å². The molecule has 2 nitrogen and oxygen atoms in total. The maximum absolute atomic E-state index is 13.2. The van der Waals surface area contributed by atoms with E-state index in [9.17, 15) is 22.0 Å². The Morgan fingerprint density at radius 2 is 1.27 bits per heavy atom. The third-order valence-electron chi connectivity index (χ3n) is 4.32. The minimum absolute atomic E-state index is 0.0200. The third-order valence-corrected chi connectivity index (χ3v) is 4.32. The zero-order valence-electron chi connectivity index (χ0n) is 14.0. The van der Waals surface area contributed by atoms with Crippen LogP contribution in [0, 0.1) is 0 Å². The van der Waals surface area contributed by atoms with Crippen molar-refractivity contribution in [3.63, 3.8) is 0 Å². The van der Waals surface area contributed by atoms with Crippen molar-refractivity contribution in [1.29, 1.82) is 0 Å². The Morgan fingerprint density at radius 1 is 0.773 bits per heavy atom. The lowest BCUT2D eigenvalue weighted by atomic mass is 10.1. The molecule has 0 aliphatic carbocycles. The average Bonchev–Trinajstić information content (AvgIpc) is 2.78. The molecule has 0 radical (unpaired) electrons. The Balaban J connectivity index is 0.000000224. The predicted molar refractivity (Wildman–Crippen MR) is 77.4 cm³/mol. The Morgan fingerprint density at radius 3 is 1.45 bits per heavy atom. The van der Waals surface area contributed by atoms with Gasteiger partial charge in [0.1, 0.15) is 0 Å². The van der Waals surface area contributed by atoms with E-state index in [0.29, 0.717) is 6.54 Å². The van der Waals surface area contributed by atoms with Gasteiger partial charge >= 0.3 is 0 Å². The molecule has 0 amide bonds. The average molecular weight is 330 g/mol. The highest BCUT2D eigenvalue weighted by atomic mass is 19.3. The topological polar surface area (TPSA) is 6.48 Å². The van der Waals surface area contributed by atoms with Crippen LogP contribution in [0.25, 0.3) is 0 Å². The number of rotatable bonds is 2. The maximum Gasteiger partial charge on any atom is 0.294 e. The lowest BCUT2D eigenvalue weighted by molar-refractivity contribution is -0.0912. The van der Waals surface area contributed by atoms with E-state index in [1.807, 2.05) is 13.8 Å². The third kappa shape index (κ3) is 4.78. The molecule has 2 saturated heterocycles. The van der Waals surface area contributed by atoms with E-state index in [-0.39, 0.29) is 31.6 Å². The first-order chi connectivity index (χ1) is 9.77. The quantitative estimate of drug-likeness (QED) is 0.711. The summed E-state index contributed by atoms with van der Waals surface area (Å²) < 4.78 is 64.1. The number of hydrogen-bond donors (Lipinski definition) is 0. The van der Waals surface area contributed by atoms with Gasteiger partial charge in [0, 0.05) is 31.6 Å². The van der Waals surface area contributed by atoms with Crippen molar-refractivity contribution in [1.82, 2.24) is 9.80 Å². The smallest absolute Gasteiger partial charge is 0.294 e. The van der Waals surface area contributed by atoms with Gasteiger partial charge in [0.2, 0.25) is 0 Å². The van der Waals surface area contributed by atoms with Gasteiger partial charge in [-0.3, -0.25) is 9.80 Å². The van der Waals surface area contributed by atoms with Crippen LogP contribution in [0.4, 0.5) is 22.0 Å². The molecule has 0 N–H and O–H groups in total. The Hall–Kier alpha value is -0.430. The van der Waals surface area contributed by atoms with Crippen molar-refractivity contribution in [2.24, 2.45) is 0 Å². The summed E-state index contributed by atoms with van der Waals surface area (Å²) in [6, 6.07) is 0.238. The van der Waals surface area contributed by atoms with Crippen molar-refractivity contribution in [3.8, 4) is 0 Å². The molecule has 22 heavy (non-hydrogen) atoms. The van der Waals surface area contributed by atoms with Crippen LogP contribution in [-0.4, -0.2) is 65.6 Å². The zero-order chi connectivity index (χ0) is 17.3. The molecule has 1 unspecified atom stereocenters. The van der Waals surface area contributed by atoms with Gasteiger partial charge in [-0.25, -0.2) is 22.0 Å². The van der Waals surface area contributed by atoms with Gasteiger partial charge in [0.05, 0.1) is 13.1 Å². The van der Waals surface area contributed by atoms with Crippen LogP contribution >= 0.6 is 0 Å². The summed E-state index contributed by atoms with van der Waals surface area (Å²) in [5.74, 6) is -5.62. The van der Waals surface area contributed by atoms with Gasteiger partial charge < -0.3 is 0 Å². The molecule has 2 rings (SSSR count). The molecular formula is C15H27F5N2. The number of halogens is 5. The van der Waals surface area contributed by atoms with E-state index in [1.165, 1.54) is 4.90 Å². The van der Waals surface area contributed by atoms with Gasteiger partial charge in [-0.05, 0) is 34.6 Å². The molecule has 0 aromatic rings. The predicted octanol–water partition coefficient (Wildman–Crippen LogP) is 3.81. The van der Waals surface area contributed by atoms with E-state index in [0.717, 1.165) is 6.92 Å². The number of likely N-dealkylation sites (tertiary alicyclic amines) is 2. The molecule has 0 bridgehead atoms. The normalized spacial score (nSPS) is 31.6. The van der Waals surface area contributed by atoms with Crippen molar-refractivity contribution in [3.05, 3.63) is 0 Å². The molecule has 0 aromatic heterocycles. The van der Waals surface area contributed by atoms with Crippen molar-refractivity contribution >= 4 is 0 Å². The molecular weight excluding hydrogens is 303 g/mol. The van der Waals surface area contributed by atoms with Crippen LogP contribution in [0.1, 0.15) is 41.0 Å². The second kappa shape index (κ2) is 6.59. The Kier molecular flexibility index (Phi) is 5.88. The maximum atomic E-state index is 13.2. The van der Waals surface area contributed by atoms with Crippen molar-refractivity contribution < 1.29 is 22.0 Å². The van der Waals surface area contributed by atoms with Crippen LogP contribution in [0.3, 0.4) is 0 Å². The molecule has 0 aromatic carbocycles. The van der Waals surface area contributed by atoms with E-state index in [4.69, 9.17) is 0 Å². The summed E-state index contributed by atoms with van der Waals surface area (Å²) in [7, 11) is 0. The summed E-state index contributed by atoms with van der Waals surface area (Å²) in [6.45, 7) is 8.30. The van der Waals surface area contributed by atoms with E-state index >= 15 is 0 Å². The Labute approximate surface area is 129 Å². The highest BCUT2D eigenvalue weighted by Gasteiger charge is 2.58. The van der Waals surface area contributed by atoms with Crippen LogP contribution < -0.4 is 0 Å². The SMILES string of the molecule is CC(C)N1CC(C)(F)C(F)(F)C1.CC(C)N1CCC(F)(F)C1. The second-order valence-electron chi connectivity index (χ2n) is 7.07. The highest BCUT2D eigenvalue weighted by molar-refractivity contribution is 5.01. The molecule has 7 heteroatoms. The van der Waals surface area contributed by atoms with Crippen LogP contribution in [0.15, 0.2) is 0 Å². The fourth-order valence-corrected chi connectivity index (χ4v) is 2.54. The Bertz CT molecular complexity index is 353. The van der Waals surface area contributed by atoms with Gasteiger partial charge in [0.25, 0.3) is 11.8 Å². The van der Waals surface area contributed by atoms with Gasteiger partial charge in [0.15, 0.2) is 5.67 Å². The van der Waals surface area contributed by atoms with Gasteiger partial charge in [-0.15, -0.1) is 0 Å². The van der Waals surface area contributed by atoms with Gasteiger partial charge in [-0.2, -0.15) is 0 Å². The fourth-order valence-electron chi connectivity index (χ4n) is 2.54. The summed E-state index contributed by atoms with van der Waals surface area (Å²) in [6.07, 6.45) is 0.0329. The lowest BCUT2D eigenvalue weighted by Crippen LogP contribution is -2.39. The number of alkyl halides is 5. The summed E-state index contributed by atoms with van der Waals surface area (Å²) in [5, 5.41) is 0. The van der Waals surface area contributed by atoms with Crippen molar-refractivity contribution in [2.75, 3.05) is 26.2 Å². The van der Waals surface area contributed by atoms with Gasteiger partial charge in [-0.1, -0.05) is 0 Å². The first kappa shape index (κ1) is 19.6. The minimum atomic E-state index is -3.20. The number of hydrogen-bond acceptors (Lipinski definition) is 2. The molecule has 2 heterocycles. The van der Waals surface area contributed by atoms with Crippen molar-refractivity contribution in [2.45, 2.75) is 70.6 Å². The highest BCUT2D eigenvalue weighted by Crippen LogP contribution is 2.39. The molecule has 0 spiro atoms. The minimum Gasteiger partial charge on any atom is -0.295 e. The van der Waals surface area contributed by atoms with E-state index < -0.39 is 24.1 Å². The largest absolute Gasteiger partial charge is 0.295 e. The van der Waals surface area contributed by atoms with Crippen LogP contribution in [0.2, 0.25) is 0 Å². The van der Waals surface area contributed by atoms with Crippen LogP contribution in [0.5, 0.6) is 0 Å². The van der Waals surface area contributed by atoms with Crippen LogP contribution in [-0.2, 0) is 0 Å². The zero-order valence-corrected chi connectivity index (χ0v) is 14.0. The summed E-state index contributed by atoms with van der Waals surface area (Å²) >= 11 is 0. The standard InChI is InChI=1S/C8H14F3N.C7H13F2N/c1-6(2)12-4-7(3,9)8(10,11)5-12;1-6(2)10-4-3-7(8,9)5-10/h6H,4-5H2,1-3H3;6H,3-5H2,1-2H3.